The monoisotopic (exact) mass is 375 g/mol. The van der Waals surface area contributed by atoms with Crippen molar-refractivity contribution in [3.05, 3.63) is 81.0 Å². The molecule has 3 aromatic rings. The summed E-state index contributed by atoms with van der Waals surface area (Å²) in [6.07, 6.45) is 9.73. The van der Waals surface area contributed by atoms with E-state index in [0.29, 0.717) is 13.0 Å². The van der Waals surface area contributed by atoms with E-state index >= 15 is 0 Å². The third-order valence-corrected chi connectivity index (χ3v) is 5.78. The number of nitrogens with zero attached hydrogens (tertiary/aromatic N) is 3. The van der Waals surface area contributed by atoms with Crippen molar-refractivity contribution in [1.29, 1.82) is 0 Å². The molecule has 4 heterocycles. The molecule has 5 rings (SSSR count). The number of carbonyl (C=O) groups is 1. The highest BCUT2D eigenvalue weighted by molar-refractivity contribution is 5.94. The maximum atomic E-state index is 13.5. The van der Waals surface area contributed by atoms with Crippen LogP contribution < -0.4 is 5.56 Å². The minimum Gasteiger partial charge on any atom is -0.348 e. The molecule has 0 spiro atoms. The van der Waals surface area contributed by atoms with Crippen molar-refractivity contribution >= 4 is 5.91 Å². The van der Waals surface area contributed by atoms with Crippen molar-refractivity contribution < 1.29 is 4.79 Å². The van der Waals surface area contributed by atoms with Crippen LogP contribution in [0.25, 0.3) is 0 Å². The van der Waals surface area contributed by atoms with Crippen molar-refractivity contribution in [2.75, 3.05) is 6.54 Å². The molecule has 2 aliphatic rings. The van der Waals surface area contributed by atoms with Crippen LogP contribution in [-0.2, 0) is 19.3 Å². The molecule has 7 nitrogen and oxygen atoms in total. The van der Waals surface area contributed by atoms with Gasteiger partial charge in [0.2, 0.25) is 0 Å². The minimum atomic E-state index is -0.332. The smallest absolute Gasteiger partial charge is 0.261 e. The Morgan fingerprint density at radius 3 is 2.79 bits per heavy atom. The van der Waals surface area contributed by atoms with E-state index in [1.807, 2.05) is 12.1 Å². The Kier molecular flexibility index (Phi) is 4.07. The average molecular weight is 375 g/mol. The van der Waals surface area contributed by atoms with E-state index in [4.69, 9.17) is 0 Å². The van der Waals surface area contributed by atoms with E-state index in [-0.39, 0.29) is 23.1 Å². The van der Waals surface area contributed by atoms with E-state index in [1.165, 1.54) is 0 Å². The van der Waals surface area contributed by atoms with E-state index < -0.39 is 0 Å². The molecule has 2 N–H and O–H groups in total. The Labute approximate surface area is 161 Å². The van der Waals surface area contributed by atoms with Crippen molar-refractivity contribution in [2.45, 2.75) is 38.1 Å². The van der Waals surface area contributed by atoms with Gasteiger partial charge in [0.1, 0.15) is 11.6 Å². The zero-order chi connectivity index (χ0) is 19.1. The fourth-order valence-corrected chi connectivity index (χ4v) is 4.37. The molecule has 28 heavy (non-hydrogen) atoms. The fourth-order valence-electron chi connectivity index (χ4n) is 4.37. The van der Waals surface area contributed by atoms with Crippen LogP contribution in [0.1, 0.15) is 57.5 Å². The highest BCUT2D eigenvalue weighted by Gasteiger charge is 2.35. The van der Waals surface area contributed by atoms with Gasteiger partial charge in [-0.05, 0) is 55.0 Å². The second kappa shape index (κ2) is 6.74. The molecule has 0 aromatic carbocycles. The van der Waals surface area contributed by atoms with E-state index in [9.17, 15) is 9.59 Å². The molecule has 1 atom stereocenters. The Morgan fingerprint density at radius 1 is 1.11 bits per heavy atom. The molecule has 0 fully saturated rings. The normalized spacial score (nSPS) is 18.4. The van der Waals surface area contributed by atoms with E-state index in [1.54, 1.807) is 29.7 Å². The molecule has 0 radical (unpaired) electrons. The second-order valence-corrected chi connectivity index (χ2v) is 7.42. The van der Waals surface area contributed by atoms with Gasteiger partial charge < -0.3 is 14.9 Å². The molecular formula is C21H21N5O2. The number of aromatic amines is 2. The average Bonchev–Trinajstić information content (AvgIpc) is 3.21. The molecule has 7 heteroatoms. The van der Waals surface area contributed by atoms with Gasteiger partial charge in [-0.25, -0.2) is 4.98 Å². The Bertz CT molecular complexity index is 1090. The number of carbonyl (C=O) groups excluding carboxylic acids is 1. The molecule has 0 saturated heterocycles. The van der Waals surface area contributed by atoms with Gasteiger partial charge in [-0.3, -0.25) is 14.6 Å². The first kappa shape index (κ1) is 16.9. The summed E-state index contributed by atoms with van der Waals surface area (Å²) in [4.78, 5) is 42.6. The highest BCUT2D eigenvalue weighted by Crippen LogP contribution is 2.34. The lowest BCUT2D eigenvalue weighted by Crippen LogP contribution is -2.42. The quantitative estimate of drug-likeness (QED) is 0.718. The van der Waals surface area contributed by atoms with Crippen LogP contribution in [0.3, 0.4) is 0 Å². The highest BCUT2D eigenvalue weighted by atomic mass is 16.2. The first-order valence-corrected chi connectivity index (χ1v) is 9.70. The van der Waals surface area contributed by atoms with Gasteiger partial charge in [0.05, 0.1) is 12.0 Å². The lowest BCUT2D eigenvalue weighted by atomic mass is 9.93. The number of hydrogen-bond donors (Lipinski definition) is 2. The van der Waals surface area contributed by atoms with Gasteiger partial charge in [0.25, 0.3) is 11.5 Å². The first-order chi connectivity index (χ1) is 13.7. The van der Waals surface area contributed by atoms with Gasteiger partial charge in [0, 0.05) is 36.7 Å². The Hall–Kier alpha value is -3.22. The number of pyridine rings is 2. The Morgan fingerprint density at radius 2 is 1.93 bits per heavy atom. The number of hydrogen-bond acceptors (Lipinski definition) is 4. The van der Waals surface area contributed by atoms with Crippen molar-refractivity contribution in [2.24, 2.45) is 0 Å². The van der Waals surface area contributed by atoms with Gasteiger partial charge in [-0.2, -0.15) is 0 Å². The van der Waals surface area contributed by atoms with Crippen LogP contribution in [0.5, 0.6) is 0 Å². The third-order valence-electron chi connectivity index (χ3n) is 5.78. The molecule has 0 saturated carbocycles. The molecule has 1 aliphatic heterocycles. The Balaban J connectivity index is 1.58. The molecular weight excluding hydrogens is 354 g/mol. The predicted octanol–water partition coefficient (Wildman–Crippen LogP) is 2.16. The van der Waals surface area contributed by atoms with Crippen molar-refractivity contribution in [3.63, 3.8) is 0 Å². The number of rotatable bonds is 2. The van der Waals surface area contributed by atoms with E-state index in [0.717, 1.165) is 53.9 Å². The number of imidazole rings is 1. The van der Waals surface area contributed by atoms with Crippen molar-refractivity contribution in [3.8, 4) is 0 Å². The predicted molar refractivity (Wildman–Crippen MR) is 103 cm³/mol. The summed E-state index contributed by atoms with van der Waals surface area (Å²) in [6, 6.07) is 5.26. The van der Waals surface area contributed by atoms with Crippen LogP contribution in [0.2, 0.25) is 0 Å². The fraction of sp³-hybridized carbons (Fsp3) is 0.333. The summed E-state index contributed by atoms with van der Waals surface area (Å²) in [5.74, 6) is -0.245. The first-order valence-electron chi connectivity index (χ1n) is 9.70. The largest absolute Gasteiger partial charge is 0.348 e. The molecule has 0 unspecified atom stereocenters. The molecule has 0 bridgehead atoms. The summed E-state index contributed by atoms with van der Waals surface area (Å²) < 4.78 is 0. The number of aromatic nitrogens is 4. The molecule has 1 amide bonds. The second-order valence-electron chi connectivity index (χ2n) is 7.42. The van der Waals surface area contributed by atoms with Crippen LogP contribution in [0.4, 0.5) is 0 Å². The SMILES string of the molecule is O=C(c1cc2c([nH]c1=O)CCCC2)N1CCc2[nH]cnc2[C@@H]1c1ccncc1. The number of H-pyrrole nitrogens is 2. The summed E-state index contributed by atoms with van der Waals surface area (Å²) >= 11 is 0. The zero-order valence-electron chi connectivity index (χ0n) is 15.4. The van der Waals surface area contributed by atoms with Crippen molar-refractivity contribution in [1.82, 2.24) is 24.8 Å². The van der Waals surface area contributed by atoms with Crippen LogP contribution >= 0.6 is 0 Å². The van der Waals surface area contributed by atoms with Gasteiger partial charge in [-0.1, -0.05) is 0 Å². The van der Waals surface area contributed by atoms with Crippen LogP contribution in [0, 0.1) is 0 Å². The van der Waals surface area contributed by atoms with Gasteiger partial charge in [0.15, 0.2) is 0 Å². The lowest BCUT2D eigenvalue weighted by molar-refractivity contribution is 0.0688. The maximum absolute atomic E-state index is 13.5. The number of amides is 1. The molecule has 142 valence electrons. The summed E-state index contributed by atoms with van der Waals surface area (Å²) in [5, 5.41) is 0. The maximum Gasteiger partial charge on any atom is 0.261 e. The standard InChI is InChI=1S/C21H21N5O2/c27-20-15(11-14-3-1-2-4-16(14)25-20)21(28)26-10-7-17-18(24-12-23-17)19(26)13-5-8-22-9-6-13/h5-6,8-9,11-12,19H,1-4,7,10H2,(H,23,24)(H,25,27)/t19-/m0/s1. The molecule has 1 aliphatic carbocycles. The number of fused-ring (bicyclic) bond motifs is 2. The zero-order valence-corrected chi connectivity index (χ0v) is 15.4. The number of nitrogens with one attached hydrogen (secondary N) is 2. The van der Waals surface area contributed by atoms with E-state index in [2.05, 4.69) is 19.9 Å². The third kappa shape index (κ3) is 2.74. The minimum absolute atomic E-state index is 0.221. The summed E-state index contributed by atoms with van der Waals surface area (Å²) in [7, 11) is 0. The van der Waals surface area contributed by atoms with Crippen LogP contribution in [-0.4, -0.2) is 37.3 Å². The van der Waals surface area contributed by atoms with Gasteiger partial charge >= 0.3 is 0 Å². The number of aryl methyl sites for hydroxylation is 2. The topological polar surface area (TPSA) is 94.7 Å². The summed E-state index contributed by atoms with van der Waals surface area (Å²) in [5.41, 5.74) is 4.79. The summed E-state index contributed by atoms with van der Waals surface area (Å²) in [6.45, 7) is 0.525. The van der Waals surface area contributed by atoms with Gasteiger partial charge in [-0.15, -0.1) is 0 Å². The molecule has 3 aromatic heterocycles. The van der Waals surface area contributed by atoms with Crippen LogP contribution in [0.15, 0.2) is 41.7 Å². The lowest BCUT2D eigenvalue weighted by Gasteiger charge is -2.35.